The molecule has 0 fully saturated rings. The number of carbonyl (C=O) groups excluding carboxylic acids is 1. The number of hydrogen-bond donors (Lipinski definition) is 2. The lowest BCUT2D eigenvalue weighted by atomic mass is 10.2. The summed E-state index contributed by atoms with van der Waals surface area (Å²) in [6.45, 7) is 4.19. The van der Waals surface area contributed by atoms with E-state index < -0.39 is 11.9 Å². The number of amides is 1. The van der Waals surface area contributed by atoms with Gasteiger partial charge in [-0.05, 0) is 41.4 Å². The number of nitriles is 1. The van der Waals surface area contributed by atoms with E-state index in [9.17, 15) is 9.18 Å². The van der Waals surface area contributed by atoms with Crippen molar-refractivity contribution in [3.8, 4) is 6.07 Å². The Morgan fingerprint density at radius 2 is 2.26 bits per heavy atom. The zero-order valence-corrected chi connectivity index (χ0v) is 12.3. The van der Waals surface area contributed by atoms with E-state index in [0.717, 1.165) is 6.42 Å². The quantitative estimate of drug-likeness (QED) is 0.873. The average molecular weight is 328 g/mol. The molecule has 0 aliphatic heterocycles. The van der Waals surface area contributed by atoms with Crippen molar-refractivity contribution >= 4 is 27.5 Å². The molecule has 2 N–H and O–H groups in total. The van der Waals surface area contributed by atoms with Gasteiger partial charge in [0.05, 0.1) is 15.7 Å². The Kier molecular flexibility index (Phi) is 5.77. The van der Waals surface area contributed by atoms with Gasteiger partial charge in [-0.1, -0.05) is 6.92 Å². The molecule has 0 saturated carbocycles. The highest BCUT2D eigenvalue weighted by atomic mass is 79.9. The van der Waals surface area contributed by atoms with Gasteiger partial charge in [-0.2, -0.15) is 5.26 Å². The van der Waals surface area contributed by atoms with Crippen LogP contribution >= 0.6 is 15.9 Å². The van der Waals surface area contributed by atoms with E-state index in [4.69, 9.17) is 5.26 Å². The van der Waals surface area contributed by atoms with Crippen LogP contribution in [0.5, 0.6) is 0 Å². The van der Waals surface area contributed by atoms with Crippen LogP contribution in [0.4, 0.5) is 10.1 Å². The van der Waals surface area contributed by atoms with Gasteiger partial charge in [0.15, 0.2) is 5.82 Å². The number of anilines is 1. The molecular weight excluding hydrogens is 313 g/mol. The van der Waals surface area contributed by atoms with Crippen molar-refractivity contribution < 1.29 is 9.18 Å². The third kappa shape index (κ3) is 3.93. The Morgan fingerprint density at radius 1 is 1.58 bits per heavy atom. The average Bonchev–Trinajstić information content (AvgIpc) is 2.41. The fraction of sp³-hybridized carbons (Fsp3) is 0.385. The summed E-state index contributed by atoms with van der Waals surface area (Å²) in [7, 11) is 0. The maximum absolute atomic E-state index is 13.9. The molecule has 0 saturated heterocycles. The third-order valence-electron chi connectivity index (χ3n) is 2.52. The molecule has 4 nitrogen and oxygen atoms in total. The molecule has 0 aliphatic carbocycles. The van der Waals surface area contributed by atoms with Crippen LogP contribution in [0.15, 0.2) is 16.6 Å². The highest BCUT2D eigenvalue weighted by molar-refractivity contribution is 9.10. The first-order valence-corrected chi connectivity index (χ1v) is 6.72. The molecule has 1 rings (SSSR count). The second kappa shape index (κ2) is 7.10. The molecule has 1 unspecified atom stereocenters. The Labute approximate surface area is 120 Å². The van der Waals surface area contributed by atoms with Crippen molar-refractivity contribution in [2.45, 2.75) is 26.3 Å². The minimum atomic E-state index is -0.575. The van der Waals surface area contributed by atoms with Crippen LogP contribution in [0.1, 0.15) is 25.8 Å². The van der Waals surface area contributed by atoms with Crippen LogP contribution < -0.4 is 10.6 Å². The number of benzene rings is 1. The SMILES string of the molecule is CCCNC(=O)C(C)Nc1ccc(C#N)c(Br)c1F. The molecule has 0 heterocycles. The fourth-order valence-corrected chi connectivity index (χ4v) is 1.88. The Bertz CT molecular complexity index is 513. The van der Waals surface area contributed by atoms with Crippen molar-refractivity contribution in [3.05, 3.63) is 28.0 Å². The predicted molar refractivity (Wildman–Crippen MR) is 75.2 cm³/mol. The normalized spacial score (nSPS) is 11.5. The van der Waals surface area contributed by atoms with Crippen LogP contribution in [0.3, 0.4) is 0 Å². The van der Waals surface area contributed by atoms with Crippen molar-refractivity contribution in [1.29, 1.82) is 5.26 Å². The Balaban J connectivity index is 2.81. The van der Waals surface area contributed by atoms with Gasteiger partial charge in [-0.15, -0.1) is 0 Å². The lowest BCUT2D eigenvalue weighted by molar-refractivity contribution is -0.121. The van der Waals surface area contributed by atoms with Gasteiger partial charge >= 0.3 is 0 Å². The number of halogens is 2. The molecule has 1 atom stereocenters. The lowest BCUT2D eigenvalue weighted by Crippen LogP contribution is -2.38. The van der Waals surface area contributed by atoms with E-state index >= 15 is 0 Å². The Morgan fingerprint density at radius 3 is 2.84 bits per heavy atom. The second-order valence-corrected chi connectivity index (χ2v) is 4.85. The second-order valence-electron chi connectivity index (χ2n) is 4.06. The van der Waals surface area contributed by atoms with E-state index in [1.807, 2.05) is 13.0 Å². The van der Waals surface area contributed by atoms with Gasteiger partial charge < -0.3 is 10.6 Å². The monoisotopic (exact) mass is 327 g/mol. The van der Waals surface area contributed by atoms with Crippen molar-refractivity contribution in [2.75, 3.05) is 11.9 Å². The summed E-state index contributed by atoms with van der Waals surface area (Å²) in [5, 5.41) is 14.3. The molecule has 0 radical (unpaired) electrons. The lowest BCUT2D eigenvalue weighted by Gasteiger charge is -2.16. The summed E-state index contributed by atoms with van der Waals surface area (Å²) in [4.78, 5) is 11.7. The topological polar surface area (TPSA) is 64.9 Å². The van der Waals surface area contributed by atoms with E-state index in [-0.39, 0.29) is 21.6 Å². The molecule has 0 spiro atoms. The first-order valence-electron chi connectivity index (χ1n) is 5.93. The molecular formula is C13H15BrFN3O. The minimum Gasteiger partial charge on any atom is -0.371 e. The molecule has 1 aromatic carbocycles. The molecule has 0 bridgehead atoms. The smallest absolute Gasteiger partial charge is 0.242 e. The van der Waals surface area contributed by atoms with Crippen LogP contribution in [0.2, 0.25) is 0 Å². The first-order chi connectivity index (χ1) is 9.01. The van der Waals surface area contributed by atoms with E-state index in [1.165, 1.54) is 12.1 Å². The van der Waals surface area contributed by atoms with Gasteiger partial charge in [-0.3, -0.25) is 4.79 Å². The summed E-state index contributed by atoms with van der Waals surface area (Å²) in [6.07, 6.45) is 0.842. The highest BCUT2D eigenvalue weighted by Gasteiger charge is 2.16. The maximum Gasteiger partial charge on any atom is 0.242 e. The van der Waals surface area contributed by atoms with E-state index in [2.05, 4.69) is 26.6 Å². The van der Waals surface area contributed by atoms with Gasteiger partial charge in [0.25, 0.3) is 0 Å². The molecule has 1 aromatic rings. The number of nitrogens with one attached hydrogen (secondary N) is 2. The summed E-state index contributed by atoms with van der Waals surface area (Å²) in [5.74, 6) is -0.768. The standard InChI is InChI=1S/C13H15BrFN3O/c1-3-6-17-13(19)8(2)18-10-5-4-9(7-16)11(14)12(10)15/h4-5,8,18H,3,6H2,1-2H3,(H,17,19). The molecule has 6 heteroatoms. The van der Waals surface area contributed by atoms with Crippen molar-refractivity contribution in [3.63, 3.8) is 0 Å². The largest absolute Gasteiger partial charge is 0.371 e. The van der Waals surface area contributed by atoms with E-state index in [0.29, 0.717) is 6.54 Å². The number of nitrogens with zero attached hydrogens (tertiary/aromatic N) is 1. The number of rotatable bonds is 5. The van der Waals surface area contributed by atoms with E-state index in [1.54, 1.807) is 6.92 Å². The predicted octanol–water partition coefficient (Wildman–Crippen LogP) is 2.79. The van der Waals surface area contributed by atoms with Gasteiger partial charge in [0.1, 0.15) is 12.1 Å². The Hall–Kier alpha value is -1.61. The molecule has 19 heavy (non-hydrogen) atoms. The van der Waals surface area contributed by atoms with Crippen LogP contribution in [0, 0.1) is 17.1 Å². The first kappa shape index (κ1) is 15.4. The van der Waals surface area contributed by atoms with Gasteiger partial charge in [0.2, 0.25) is 5.91 Å². The van der Waals surface area contributed by atoms with Crippen LogP contribution in [-0.2, 0) is 4.79 Å². The van der Waals surface area contributed by atoms with Crippen molar-refractivity contribution in [1.82, 2.24) is 5.32 Å². The molecule has 102 valence electrons. The summed E-state index contributed by atoms with van der Waals surface area (Å²) >= 11 is 3.02. The fourth-order valence-electron chi connectivity index (χ4n) is 1.45. The minimum absolute atomic E-state index is 0.0983. The summed E-state index contributed by atoms with van der Waals surface area (Å²) in [5.41, 5.74) is 0.399. The molecule has 1 amide bonds. The molecule has 0 aromatic heterocycles. The highest BCUT2D eigenvalue weighted by Crippen LogP contribution is 2.26. The summed E-state index contributed by atoms with van der Waals surface area (Å²) < 4.78 is 14.0. The van der Waals surface area contributed by atoms with Crippen molar-refractivity contribution in [2.24, 2.45) is 0 Å². The zero-order valence-electron chi connectivity index (χ0n) is 10.8. The third-order valence-corrected chi connectivity index (χ3v) is 3.29. The summed E-state index contributed by atoms with van der Waals surface area (Å²) in [6, 6.07) is 4.26. The zero-order chi connectivity index (χ0) is 14.4. The van der Waals surface area contributed by atoms with Gasteiger partial charge in [-0.25, -0.2) is 4.39 Å². The van der Waals surface area contributed by atoms with Crippen LogP contribution in [-0.4, -0.2) is 18.5 Å². The number of carbonyl (C=O) groups is 1. The van der Waals surface area contributed by atoms with Crippen LogP contribution in [0.25, 0.3) is 0 Å². The number of hydrogen-bond acceptors (Lipinski definition) is 3. The molecule has 0 aliphatic rings. The maximum atomic E-state index is 13.9. The van der Waals surface area contributed by atoms with Gasteiger partial charge in [0, 0.05) is 6.54 Å².